The van der Waals surface area contributed by atoms with Crippen molar-refractivity contribution in [3.8, 4) is 5.75 Å². The van der Waals surface area contributed by atoms with Gasteiger partial charge in [-0.2, -0.15) is 0 Å². The van der Waals surface area contributed by atoms with Gasteiger partial charge in [-0.05, 0) is 32.0 Å². The molecule has 0 radical (unpaired) electrons. The van der Waals surface area contributed by atoms with Crippen LogP contribution >= 0.6 is 0 Å². The number of anilines is 1. The first kappa shape index (κ1) is 14.3. The van der Waals surface area contributed by atoms with Crippen LogP contribution in [-0.2, 0) is 0 Å². The third-order valence-electron chi connectivity index (χ3n) is 2.83. The van der Waals surface area contributed by atoms with Gasteiger partial charge in [0.15, 0.2) is 11.6 Å². The zero-order valence-corrected chi connectivity index (χ0v) is 11.3. The number of hydrogen-bond donors (Lipinski definition) is 3. The van der Waals surface area contributed by atoms with Gasteiger partial charge in [-0.15, -0.1) is 0 Å². The van der Waals surface area contributed by atoms with Gasteiger partial charge in [-0.3, -0.25) is 4.98 Å². The lowest BCUT2D eigenvalue weighted by Gasteiger charge is -2.16. The maximum Gasteiger partial charge on any atom is 0.490 e. The smallest absolute Gasteiger partial charge is 0.481 e. The largest absolute Gasteiger partial charge is 0.490 e. The average molecular weight is 273 g/mol. The van der Waals surface area contributed by atoms with E-state index in [-0.39, 0.29) is 17.4 Å². The normalized spacial score (nSPS) is 12.0. The maximum atomic E-state index is 9.13. The Labute approximate surface area is 117 Å². The van der Waals surface area contributed by atoms with Gasteiger partial charge < -0.3 is 20.5 Å². The molecule has 0 aromatic carbocycles. The third-order valence-corrected chi connectivity index (χ3v) is 2.83. The van der Waals surface area contributed by atoms with Crippen LogP contribution in [0.25, 0.3) is 0 Å². The standard InChI is InChI=1S/C13H16BN3O3/c1-8-4-3-5-11(17-8)9(2)20-12-6-10(14(18)19)7-16-13(12)15/h3-7,9,18-19H,1-2H3,(H2,15,16). The molecule has 1 atom stereocenters. The Kier molecular flexibility index (Phi) is 4.21. The molecule has 0 saturated carbocycles. The minimum atomic E-state index is -1.61. The first-order valence-corrected chi connectivity index (χ1v) is 6.19. The van der Waals surface area contributed by atoms with Crippen molar-refractivity contribution in [2.45, 2.75) is 20.0 Å². The van der Waals surface area contributed by atoms with Crippen molar-refractivity contribution in [1.29, 1.82) is 0 Å². The van der Waals surface area contributed by atoms with Gasteiger partial charge in [0.1, 0.15) is 6.10 Å². The Morgan fingerprint density at radius 2 is 2.10 bits per heavy atom. The highest BCUT2D eigenvalue weighted by Crippen LogP contribution is 2.23. The molecule has 7 heteroatoms. The highest BCUT2D eigenvalue weighted by Gasteiger charge is 2.17. The van der Waals surface area contributed by atoms with E-state index in [4.69, 9.17) is 20.5 Å². The molecule has 2 aromatic rings. The van der Waals surface area contributed by atoms with Crippen molar-refractivity contribution >= 4 is 18.4 Å². The molecule has 6 nitrogen and oxygen atoms in total. The summed E-state index contributed by atoms with van der Waals surface area (Å²) in [5, 5.41) is 18.3. The predicted octanol–water partition coefficient (Wildman–Crippen LogP) is 0.187. The Balaban J connectivity index is 2.23. The molecule has 0 saturated heterocycles. The molecule has 2 aromatic heterocycles. The molecule has 4 N–H and O–H groups in total. The maximum absolute atomic E-state index is 9.13. The van der Waals surface area contributed by atoms with Crippen LogP contribution in [0.15, 0.2) is 30.5 Å². The third kappa shape index (κ3) is 3.25. The number of aromatic nitrogens is 2. The van der Waals surface area contributed by atoms with E-state index >= 15 is 0 Å². The number of rotatable bonds is 4. The van der Waals surface area contributed by atoms with Crippen molar-refractivity contribution in [2.24, 2.45) is 0 Å². The van der Waals surface area contributed by atoms with E-state index in [1.165, 1.54) is 12.3 Å². The quantitative estimate of drug-likeness (QED) is 0.687. The summed E-state index contributed by atoms with van der Waals surface area (Å²) in [6, 6.07) is 7.10. The van der Waals surface area contributed by atoms with E-state index in [1.54, 1.807) is 0 Å². The molecule has 2 heterocycles. The Bertz CT molecular complexity index is 607. The molecule has 0 bridgehead atoms. The SMILES string of the molecule is Cc1cccc(C(C)Oc2cc(B(O)O)cnc2N)n1. The van der Waals surface area contributed by atoms with Crippen molar-refractivity contribution < 1.29 is 14.8 Å². The summed E-state index contributed by atoms with van der Waals surface area (Å²) in [7, 11) is -1.61. The summed E-state index contributed by atoms with van der Waals surface area (Å²) in [6.45, 7) is 3.73. The summed E-state index contributed by atoms with van der Waals surface area (Å²) in [4.78, 5) is 8.25. The van der Waals surface area contributed by atoms with Gasteiger partial charge in [0, 0.05) is 17.4 Å². The average Bonchev–Trinajstić information content (AvgIpc) is 2.41. The van der Waals surface area contributed by atoms with Gasteiger partial charge in [0.05, 0.1) is 5.69 Å². The second kappa shape index (κ2) is 5.89. The molecule has 0 amide bonds. The van der Waals surface area contributed by atoms with E-state index < -0.39 is 7.12 Å². The predicted molar refractivity (Wildman–Crippen MR) is 76.5 cm³/mol. The van der Waals surface area contributed by atoms with Crippen molar-refractivity contribution in [3.05, 3.63) is 41.9 Å². The lowest BCUT2D eigenvalue weighted by atomic mass is 9.81. The molecule has 0 aliphatic carbocycles. The fourth-order valence-electron chi connectivity index (χ4n) is 1.75. The van der Waals surface area contributed by atoms with Crippen LogP contribution in [0, 0.1) is 6.92 Å². The number of nitrogen functional groups attached to an aromatic ring is 1. The Morgan fingerprint density at radius 1 is 1.35 bits per heavy atom. The van der Waals surface area contributed by atoms with Gasteiger partial charge >= 0.3 is 7.12 Å². The molecule has 20 heavy (non-hydrogen) atoms. The van der Waals surface area contributed by atoms with E-state index in [9.17, 15) is 0 Å². The van der Waals surface area contributed by atoms with Gasteiger partial charge in [-0.1, -0.05) is 6.07 Å². The second-order valence-electron chi connectivity index (χ2n) is 4.49. The Hall–Kier alpha value is -2.12. The summed E-state index contributed by atoms with van der Waals surface area (Å²) in [5.74, 6) is 0.486. The number of nitrogens with zero attached hydrogens (tertiary/aromatic N) is 2. The molecule has 1 unspecified atom stereocenters. The molecule has 104 valence electrons. The van der Waals surface area contributed by atoms with Crippen LogP contribution < -0.4 is 15.9 Å². The summed E-state index contributed by atoms with van der Waals surface area (Å²) in [6.07, 6.45) is 0.965. The highest BCUT2D eigenvalue weighted by atomic mass is 16.5. The summed E-state index contributed by atoms with van der Waals surface area (Å²) >= 11 is 0. The molecule has 0 spiro atoms. The lowest BCUT2D eigenvalue weighted by Crippen LogP contribution is -2.30. The van der Waals surface area contributed by atoms with Gasteiger partial charge in [-0.25, -0.2) is 4.98 Å². The van der Waals surface area contributed by atoms with Crippen LogP contribution in [0.5, 0.6) is 5.75 Å². The number of aryl methyl sites for hydroxylation is 1. The zero-order chi connectivity index (χ0) is 14.7. The van der Waals surface area contributed by atoms with Crippen molar-refractivity contribution in [2.75, 3.05) is 5.73 Å². The first-order valence-electron chi connectivity index (χ1n) is 6.19. The molecule has 2 rings (SSSR count). The number of nitrogens with two attached hydrogens (primary N) is 1. The first-order chi connectivity index (χ1) is 9.47. The fourth-order valence-corrected chi connectivity index (χ4v) is 1.75. The number of ether oxygens (including phenoxy) is 1. The summed E-state index contributed by atoms with van der Waals surface area (Å²) in [5.41, 5.74) is 7.60. The molecule has 0 aliphatic heterocycles. The van der Waals surface area contributed by atoms with Gasteiger partial charge in [0.25, 0.3) is 0 Å². The minimum absolute atomic E-state index is 0.189. The van der Waals surface area contributed by atoms with E-state index in [0.717, 1.165) is 11.4 Å². The molecular formula is C13H16BN3O3. The van der Waals surface area contributed by atoms with Crippen molar-refractivity contribution in [3.63, 3.8) is 0 Å². The lowest BCUT2D eigenvalue weighted by molar-refractivity contribution is 0.222. The van der Waals surface area contributed by atoms with E-state index in [0.29, 0.717) is 5.75 Å². The van der Waals surface area contributed by atoms with Crippen LogP contribution in [0.4, 0.5) is 5.82 Å². The zero-order valence-electron chi connectivity index (χ0n) is 11.3. The molecular weight excluding hydrogens is 257 g/mol. The number of hydrogen-bond acceptors (Lipinski definition) is 6. The summed E-state index contributed by atoms with van der Waals surface area (Å²) < 4.78 is 5.70. The van der Waals surface area contributed by atoms with Crippen LogP contribution in [0.2, 0.25) is 0 Å². The van der Waals surface area contributed by atoms with E-state index in [1.807, 2.05) is 32.0 Å². The second-order valence-corrected chi connectivity index (χ2v) is 4.49. The fraction of sp³-hybridized carbons (Fsp3) is 0.231. The van der Waals surface area contributed by atoms with E-state index in [2.05, 4.69) is 9.97 Å². The van der Waals surface area contributed by atoms with Crippen LogP contribution in [0.1, 0.15) is 24.4 Å². The number of pyridine rings is 2. The van der Waals surface area contributed by atoms with Crippen molar-refractivity contribution in [1.82, 2.24) is 9.97 Å². The minimum Gasteiger partial charge on any atom is -0.481 e. The molecule has 0 aliphatic rings. The molecule has 0 fully saturated rings. The highest BCUT2D eigenvalue weighted by molar-refractivity contribution is 6.58. The monoisotopic (exact) mass is 273 g/mol. The van der Waals surface area contributed by atoms with Crippen LogP contribution in [-0.4, -0.2) is 27.1 Å². The van der Waals surface area contributed by atoms with Crippen LogP contribution in [0.3, 0.4) is 0 Å². The topological polar surface area (TPSA) is 101 Å². The van der Waals surface area contributed by atoms with Gasteiger partial charge in [0.2, 0.25) is 0 Å². The Morgan fingerprint density at radius 3 is 2.75 bits per heavy atom.